The van der Waals surface area contributed by atoms with Gasteiger partial charge in [-0.2, -0.15) is 0 Å². The molecule has 0 spiro atoms. The number of furan rings is 1. The molecule has 0 unspecified atom stereocenters. The average molecular weight is 389 g/mol. The Morgan fingerprint density at radius 1 is 1.15 bits per heavy atom. The predicted octanol–water partition coefficient (Wildman–Crippen LogP) is 4.07. The lowest BCUT2D eigenvalue weighted by Gasteiger charge is -2.21. The van der Waals surface area contributed by atoms with E-state index in [4.69, 9.17) is 20.8 Å². The van der Waals surface area contributed by atoms with Crippen LogP contribution in [0, 0.1) is 5.92 Å². The Bertz CT molecular complexity index is 787. The van der Waals surface area contributed by atoms with Gasteiger partial charge in [-0.3, -0.25) is 4.79 Å². The lowest BCUT2D eigenvalue weighted by atomic mass is 10.3. The van der Waals surface area contributed by atoms with Gasteiger partial charge >= 0.3 is 0 Å². The number of hydrogen-bond acceptors (Lipinski definition) is 4. The molecular formula is C21H25ClN2O3. The van der Waals surface area contributed by atoms with Crippen molar-refractivity contribution in [2.24, 2.45) is 5.92 Å². The molecule has 0 bridgehead atoms. The van der Waals surface area contributed by atoms with Gasteiger partial charge in [0.2, 0.25) is 0 Å². The predicted molar refractivity (Wildman–Crippen MR) is 104 cm³/mol. The summed E-state index contributed by atoms with van der Waals surface area (Å²) in [6, 6.07) is 10.8. The molecule has 2 heterocycles. The highest BCUT2D eigenvalue weighted by atomic mass is 35.5. The molecule has 1 saturated heterocycles. The molecule has 0 atom stereocenters. The second kappa shape index (κ2) is 8.36. The Labute approximate surface area is 164 Å². The largest absolute Gasteiger partial charge is 0.486 e. The standard InChI is InChI=1S/C21H25ClN2O3/c22-17-3-1-4-18(13-17)26-15-19-7-8-20(27-19)21(25)24-10-2-9-23(11-12-24)14-16-5-6-16/h1,3-4,7-8,13,16H,2,5-6,9-12,14-15H2. The summed E-state index contributed by atoms with van der Waals surface area (Å²) in [5.74, 6) is 2.55. The first kappa shape index (κ1) is 18.4. The van der Waals surface area contributed by atoms with Gasteiger partial charge in [-0.25, -0.2) is 0 Å². The molecular weight excluding hydrogens is 364 g/mol. The lowest BCUT2D eigenvalue weighted by Crippen LogP contribution is -2.35. The van der Waals surface area contributed by atoms with E-state index >= 15 is 0 Å². The Kier molecular flexibility index (Phi) is 5.69. The summed E-state index contributed by atoms with van der Waals surface area (Å²) in [4.78, 5) is 17.2. The molecule has 144 valence electrons. The van der Waals surface area contributed by atoms with Crippen LogP contribution in [-0.2, 0) is 6.61 Å². The smallest absolute Gasteiger partial charge is 0.289 e. The summed E-state index contributed by atoms with van der Waals surface area (Å²) < 4.78 is 11.4. The quantitative estimate of drug-likeness (QED) is 0.748. The third-order valence-electron chi connectivity index (χ3n) is 5.14. The van der Waals surface area contributed by atoms with E-state index in [9.17, 15) is 4.79 Å². The minimum Gasteiger partial charge on any atom is -0.486 e. The van der Waals surface area contributed by atoms with Gasteiger partial charge in [0.05, 0.1) is 0 Å². The van der Waals surface area contributed by atoms with Crippen molar-refractivity contribution >= 4 is 17.5 Å². The summed E-state index contributed by atoms with van der Waals surface area (Å²) in [5, 5.41) is 0.625. The lowest BCUT2D eigenvalue weighted by molar-refractivity contribution is 0.0725. The Morgan fingerprint density at radius 3 is 2.85 bits per heavy atom. The molecule has 2 aromatic rings. The third-order valence-corrected chi connectivity index (χ3v) is 5.37. The second-order valence-electron chi connectivity index (χ2n) is 7.40. The fourth-order valence-corrected chi connectivity index (χ4v) is 3.64. The van der Waals surface area contributed by atoms with E-state index < -0.39 is 0 Å². The van der Waals surface area contributed by atoms with Gasteiger partial charge < -0.3 is 19.0 Å². The van der Waals surface area contributed by atoms with Gasteiger partial charge in [-0.1, -0.05) is 17.7 Å². The molecule has 27 heavy (non-hydrogen) atoms. The summed E-state index contributed by atoms with van der Waals surface area (Å²) in [6.07, 6.45) is 3.75. The molecule has 4 rings (SSSR count). The number of benzene rings is 1. The highest BCUT2D eigenvalue weighted by Crippen LogP contribution is 2.30. The number of ether oxygens (including phenoxy) is 1. The Hall–Kier alpha value is -1.98. The van der Waals surface area contributed by atoms with Crippen LogP contribution < -0.4 is 4.74 Å². The van der Waals surface area contributed by atoms with Crippen LogP contribution in [0.15, 0.2) is 40.8 Å². The van der Waals surface area contributed by atoms with Crippen LogP contribution >= 0.6 is 11.6 Å². The molecule has 5 nitrogen and oxygen atoms in total. The fourth-order valence-electron chi connectivity index (χ4n) is 3.46. The van der Waals surface area contributed by atoms with E-state index in [1.54, 1.807) is 24.3 Å². The van der Waals surface area contributed by atoms with Crippen LogP contribution in [0.1, 0.15) is 35.6 Å². The number of rotatable bonds is 6. The van der Waals surface area contributed by atoms with Crippen LogP contribution in [0.25, 0.3) is 0 Å². The van der Waals surface area contributed by atoms with Crippen LogP contribution in [-0.4, -0.2) is 48.4 Å². The summed E-state index contributed by atoms with van der Waals surface area (Å²) >= 11 is 5.96. The maximum Gasteiger partial charge on any atom is 0.289 e. The number of halogens is 1. The number of carbonyl (C=O) groups is 1. The van der Waals surface area contributed by atoms with Crippen LogP contribution in [0.2, 0.25) is 5.02 Å². The molecule has 0 radical (unpaired) electrons. The van der Waals surface area contributed by atoms with E-state index in [0.29, 0.717) is 22.3 Å². The van der Waals surface area contributed by atoms with E-state index in [2.05, 4.69) is 4.90 Å². The Balaban J connectivity index is 1.31. The van der Waals surface area contributed by atoms with E-state index in [1.807, 2.05) is 17.0 Å². The summed E-state index contributed by atoms with van der Waals surface area (Å²) in [5.41, 5.74) is 0. The highest BCUT2D eigenvalue weighted by Gasteiger charge is 2.27. The minimum absolute atomic E-state index is 0.0303. The first-order valence-corrected chi connectivity index (χ1v) is 10.0. The molecule has 1 amide bonds. The zero-order valence-electron chi connectivity index (χ0n) is 15.4. The van der Waals surface area contributed by atoms with E-state index in [0.717, 1.165) is 38.5 Å². The minimum atomic E-state index is -0.0303. The van der Waals surface area contributed by atoms with Gasteiger partial charge in [0, 0.05) is 31.2 Å². The van der Waals surface area contributed by atoms with Crippen LogP contribution in [0.5, 0.6) is 5.75 Å². The molecule has 1 aliphatic carbocycles. The molecule has 1 aliphatic heterocycles. The van der Waals surface area contributed by atoms with E-state index in [1.165, 1.54) is 19.4 Å². The Morgan fingerprint density at radius 2 is 2.04 bits per heavy atom. The SMILES string of the molecule is O=C(c1ccc(COc2cccc(Cl)c2)o1)N1CCCN(CC2CC2)CC1. The molecule has 6 heteroatoms. The number of nitrogens with zero attached hydrogens (tertiary/aromatic N) is 2. The first-order valence-electron chi connectivity index (χ1n) is 9.66. The maximum atomic E-state index is 12.8. The zero-order valence-corrected chi connectivity index (χ0v) is 16.2. The fraction of sp³-hybridized carbons (Fsp3) is 0.476. The van der Waals surface area contributed by atoms with Crippen molar-refractivity contribution in [2.45, 2.75) is 25.9 Å². The maximum absolute atomic E-state index is 12.8. The molecule has 2 aliphatic rings. The van der Waals surface area contributed by atoms with Crippen molar-refractivity contribution in [3.63, 3.8) is 0 Å². The molecule has 1 aromatic heterocycles. The molecule has 0 N–H and O–H groups in total. The van der Waals surface area contributed by atoms with Crippen molar-refractivity contribution < 1.29 is 13.9 Å². The summed E-state index contributed by atoms with van der Waals surface area (Å²) in [6.45, 7) is 5.04. The van der Waals surface area contributed by atoms with Crippen molar-refractivity contribution in [1.82, 2.24) is 9.80 Å². The molecule has 1 aromatic carbocycles. The normalized spacial score (nSPS) is 18.3. The average Bonchev–Trinajstić information content (AvgIpc) is 3.41. The van der Waals surface area contributed by atoms with Gasteiger partial charge in [-0.05, 0) is 62.1 Å². The number of carbonyl (C=O) groups excluding carboxylic acids is 1. The monoisotopic (exact) mass is 388 g/mol. The van der Waals surface area contributed by atoms with Gasteiger partial charge in [0.25, 0.3) is 5.91 Å². The van der Waals surface area contributed by atoms with Gasteiger partial charge in [0.1, 0.15) is 18.1 Å². The van der Waals surface area contributed by atoms with Gasteiger partial charge in [0.15, 0.2) is 5.76 Å². The topological polar surface area (TPSA) is 45.9 Å². The number of hydrogen-bond donors (Lipinski definition) is 0. The second-order valence-corrected chi connectivity index (χ2v) is 7.84. The first-order chi connectivity index (χ1) is 13.2. The number of amides is 1. The van der Waals surface area contributed by atoms with Crippen LogP contribution in [0.4, 0.5) is 0 Å². The van der Waals surface area contributed by atoms with Crippen molar-refractivity contribution in [3.05, 3.63) is 52.9 Å². The van der Waals surface area contributed by atoms with Crippen LogP contribution in [0.3, 0.4) is 0 Å². The molecule has 1 saturated carbocycles. The zero-order chi connectivity index (χ0) is 18.6. The molecule has 2 fully saturated rings. The third kappa shape index (κ3) is 5.05. The van der Waals surface area contributed by atoms with Gasteiger partial charge in [-0.15, -0.1) is 0 Å². The van der Waals surface area contributed by atoms with Crippen molar-refractivity contribution in [3.8, 4) is 5.75 Å². The van der Waals surface area contributed by atoms with Crippen molar-refractivity contribution in [1.29, 1.82) is 0 Å². The highest BCUT2D eigenvalue weighted by molar-refractivity contribution is 6.30. The van der Waals surface area contributed by atoms with Crippen molar-refractivity contribution in [2.75, 3.05) is 32.7 Å². The summed E-state index contributed by atoms with van der Waals surface area (Å²) in [7, 11) is 0. The van der Waals surface area contributed by atoms with E-state index in [-0.39, 0.29) is 12.5 Å².